The number of aromatic carboxylic acids is 1. The van der Waals surface area contributed by atoms with E-state index in [2.05, 4.69) is 15.3 Å². The van der Waals surface area contributed by atoms with Gasteiger partial charge in [-0.05, 0) is 49.4 Å². The Morgan fingerprint density at radius 1 is 1.19 bits per heavy atom. The summed E-state index contributed by atoms with van der Waals surface area (Å²) in [5.41, 5.74) is -0.880. The van der Waals surface area contributed by atoms with Crippen LogP contribution in [0.4, 0.5) is 0 Å². The van der Waals surface area contributed by atoms with E-state index in [1.165, 1.54) is 24.4 Å². The topological polar surface area (TPSA) is 126 Å². The van der Waals surface area contributed by atoms with Crippen LogP contribution in [0.15, 0.2) is 52.5 Å². The summed E-state index contributed by atoms with van der Waals surface area (Å²) in [6.07, 6.45) is 2.15. The van der Waals surface area contributed by atoms with Crippen LogP contribution in [0.2, 0.25) is 0 Å². The van der Waals surface area contributed by atoms with Gasteiger partial charge in [0.2, 0.25) is 0 Å². The Morgan fingerprint density at radius 2 is 1.84 bits per heavy atom. The van der Waals surface area contributed by atoms with Gasteiger partial charge in [-0.2, -0.15) is 0 Å². The second-order valence-corrected chi connectivity index (χ2v) is 10.7. The van der Waals surface area contributed by atoms with Crippen molar-refractivity contribution in [3.05, 3.63) is 59.4 Å². The summed E-state index contributed by atoms with van der Waals surface area (Å²) in [6, 6.07) is 9.45. The van der Waals surface area contributed by atoms with E-state index in [0.717, 1.165) is 0 Å². The lowest BCUT2D eigenvalue weighted by atomic mass is 9.89. The fourth-order valence-corrected chi connectivity index (χ4v) is 5.79. The van der Waals surface area contributed by atoms with Crippen molar-refractivity contribution < 1.29 is 23.1 Å². The first-order valence-electron chi connectivity index (χ1n) is 9.98. The first-order valence-corrected chi connectivity index (χ1v) is 11.5. The number of aliphatic imine (C=N–C) groups is 1. The van der Waals surface area contributed by atoms with E-state index < -0.39 is 26.1 Å². The van der Waals surface area contributed by atoms with Gasteiger partial charge in [0, 0.05) is 6.20 Å². The van der Waals surface area contributed by atoms with Crippen LogP contribution < -0.4 is 5.32 Å². The number of carbonyl (C=O) groups excluding carboxylic acids is 1. The number of carbonyl (C=O) groups is 2. The number of hydrogen-bond donors (Lipinski definition) is 2. The molecule has 1 aliphatic carbocycles. The zero-order valence-electron chi connectivity index (χ0n) is 17.4. The van der Waals surface area contributed by atoms with Crippen molar-refractivity contribution in [3.63, 3.8) is 0 Å². The Bertz CT molecular complexity index is 1220. The van der Waals surface area contributed by atoms with E-state index in [0.29, 0.717) is 18.4 Å². The Labute approximate surface area is 180 Å². The molecule has 9 heteroatoms. The fraction of sp³-hybridized carbons (Fsp3) is 0.364. The molecule has 0 radical (unpaired) electrons. The van der Waals surface area contributed by atoms with Crippen molar-refractivity contribution >= 4 is 27.5 Å². The summed E-state index contributed by atoms with van der Waals surface area (Å²) in [6.45, 7) is 5.39. The van der Waals surface area contributed by atoms with E-state index in [1.54, 1.807) is 25.1 Å². The second-order valence-electron chi connectivity index (χ2n) is 8.45. The molecule has 2 N–H and O–H groups in total. The minimum Gasteiger partial charge on any atom is -0.478 e. The minimum atomic E-state index is -3.73. The number of amidine groups is 1. The van der Waals surface area contributed by atoms with Gasteiger partial charge in [0.05, 0.1) is 10.5 Å². The molecular weight excluding hydrogens is 418 g/mol. The van der Waals surface area contributed by atoms with E-state index in [-0.39, 0.29) is 33.8 Å². The standard InChI is InChI=1S/C22H23N3O5S/c1-13(2)21(3)20(28)24-18(25-21)17-16(19(26)27)11-14(12-23-17)22(9-10-22)31(29,30)15-7-5-4-6-8-15/h4-8,11-13H,9-10H2,1-3H3,(H,26,27)(H,24,25,28). The maximum atomic E-state index is 13.3. The van der Waals surface area contributed by atoms with Crippen LogP contribution in [-0.4, -0.2) is 41.8 Å². The SMILES string of the molecule is CC(C)C1(C)N=C(c2ncc(C3(S(=O)(=O)c4ccccc4)CC3)cc2C(=O)O)NC1=O. The highest BCUT2D eigenvalue weighted by Crippen LogP contribution is 2.55. The molecule has 162 valence electrons. The number of hydrogen-bond acceptors (Lipinski definition) is 6. The van der Waals surface area contributed by atoms with Crippen LogP contribution in [-0.2, 0) is 19.4 Å². The van der Waals surface area contributed by atoms with E-state index in [9.17, 15) is 23.1 Å². The van der Waals surface area contributed by atoms with Crippen molar-refractivity contribution in [2.75, 3.05) is 0 Å². The van der Waals surface area contributed by atoms with Crippen LogP contribution in [0.3, 0.4) is 0 Å². The van der Waals surface area contributed by atoms with Crippen molar-refractivity contribution in [2.24, 2.45) is 10.9 Å². The van der Waals surface area contributed by atoms with Crippen LogP contribution in [0.1, 0.15) is 55.2 Å². The van der Waals surface area contributed by atoms with Gasteiger partial charge in [0.25, 0.3) is 5.91 Å². The van der Waals surface area contributed by atoms with Crippen LogP contribution in [0.5, 0.6) is 0 Å². The number of pyridine rings is 1. The van der Waals surface area contributed by atoms with Crippen LogP contribution in [0.25, 0.3) is 0 Å². The Hall–Kier alpha value is -3.07. The molecule has 4 rings (SSSR count). The molecule has 1 aliphatic heterocycles. The first kappa shape index (κ1) is 21.2. The summed E-state index contributed by atoms with van der Waals surface area (Å²) in [7, 11) is -3.73. The smallest absolute Gasteiger partial charge is 0.338 e. The van der Waals surface area contributed by atoms with Crippen molar-refractivity contribution in [2.45, 2.75) is 48.8 Å². The maximum absolute atomic E-state index is 13.3. The highest BCUT2D eigenvalue weighted by atomic mass is 32.2. The molecule has 31 heavy (non-hydrogen) atoms. The number of aromatic nitrogens is 1. The first-order chi connectivity index (χ1) is 14.5. The zero-order chi connectivity index (χ0) is 22.6. The van der Waals surface area contributed by atoms with E-state index in [4.69, 9.17) is 0 Å². The van der Waals surface area contributed by atoms with Gasteiger partial charge >= 0.3 is 5.97 Å². The number of carboxylic acids is 1. The lowest BCUT2D eigenvalue weighted by molar-refractivity contribution is -0.124. The summed E-state index contributed by atoms with van der Waals surface area (Å²) >= 11 is 0. The molecule has 2 aromatic rings. The summed E-state index contributed by atoms with van der Waals surface area (Å²) in [5.74, 6) is -1.62. The second kappa shape index (κ2) is 6.98. The number of benzene rings is 1. The van der Waals surface area contributed by atoms with Crippen LogP contribution in [0, 0.1) is 5.92 Å². The Balaban J connectivity index is 1.80. The average Bonchev–Trinajstić information content (AvgIpc) is 3.50. The third-order valence-corrected chi connectivity index (χ3v) is 8.87. The summed E-state index contributed by atoms with van der Waals surface area (Å²) < 4.78 is 25.4. The highest BCUT2D eigenvalue weighted by Gasteiger charge is 2.57. The predicted molar refractivity (Wildman–Crippen MR) is 114 cm³/mol. The van der Waals surface area contributed by atoms with Gasteiger partial charge in [-0.1, -0.05) is 32.0 Å². The molecule has 1 unspecified atom stereocenters. The molecule has 2 heterocycles. The third kappa shape index (κ3) is 3.15. The minimum absolute atomic E-state index is 0.0156. The maximum Gasteiger partial charge on any atom is 0.338 e. The predicted octanol–water partition coefficient (Wildman–Crippen LogP) is 2.53. The quantitative estimate of drug-likeness (QED) is 0.709. The van der Waals surface area contributed by atoms with Crippen molar-refractivity contribution in [3.8, 4) is 0 Å². The molecule has 1 amide bonds. The lowest BCUT2D eigenvalue weighted by Gasteiger charge is -2.21. The number of nitrogens with one attached hydrogen (secondary N) is 1. The van der Waals surface area contributed by atoms with Crippen molar-refractivity contribution in [1.29, 1.82) is 0 Å². The number of rotatable bonds is 6. The van der Waals surface area contributed by atoms with Gasteiger partial charge in [0.15, 0.2) is 15.7 Å². The molecule has 1 aromatic carbocycles. The lowest BCUT2D eigenvalue weighted by Crippen LogP contribution is -2.41. The molecule has 0 bridgehead atoms. The zero-order valence-corrected chi connectivity index (χ0v) is 18.2. The van der Waals surface area contributed by atoms with Gasteiger partial charge in [0.1, 0.15) is 16.0 Å². The third-order valence-electron chi connectivity index (χ3n) is 6.30. The average molecular weight is 442 g/mol. The van der Waals surface area contributed by atoms with Crippen molar-refractivity contribution in [1.82, 2.24) is 10.3 Å². The summed E-state index contributed by atoms with van der Waals surface area (Å²) in [4.78, 5) is 33.3. The normalized spacial score (nSPS) is 22.2. The highest BCUT2D eigenvalue weighted by molar-refractivity contribution is 7.92. The molecule has 1 fully saturated rings. The Morgan fingerprint density at radius 3 is 2.35 bits per heavy atom. The van der Waals surface area contributed by atoms with E-state index in [1.807, 2.05) is 13.8 Å². The van der Waals surface area contributed by atoms with Gasteiger partial charge in [-0.3, -0.25) is 9.78 Å². The van der Waals surface area contributed by atoms with Gasteiger partial charge in [-0.25, -0.2) is 18.2 Å². The Kier molecular flexibility index (Phi) is 4.77. The molecule has 0 saturated heterocycles. The molecule has 2 aliphatic rings. The van der Waals surface area contributed by atoms with Gasteiger partial charge in [-0.15, -0.1) is 0 Å². The summed E-state index contributed by atoms with van der Waals surface area (Å²) in [5, 5.41) is 12.4. The molecule has 1 atom stereocenters. The molecular formula is C22H23N3O5S. The molecule has 1 saturated carbocycles. The van der Waals surface area contributed by atoms with Gasteiger partial charge < -0.3 is 10.4 Å². The molecule has 0 spiro atoms. The monoisotopic (exact) mass is 441 g/mol. The fourth-order valence-electron chi connectivity index (χ4n) is 3.77. The molecule has 1 aromatic heterocycles. The van der Waals surface area contributed by atoms with Crippen LogP contribution >= 0.6 is 0 Å². The largest absolute Gasteiger partial charge is 0.478 e. The number of nitrogens with zero attached hydrogens (tertiary/aromatic N) is 2. The number of carboxylic acid groups (broad SMARTS) is 1. The van der Waals surface area contributed by atoms with E-state index >= 15 is 0 Å². The molecule has 8 nitrogen and oxygen atoms in total. The number of amides is 1. The number of sulfone groups is 1.